The molecule has 3 aromatic rings. The average Bonchev–Trinajstić information content (AvgIpc) is 3.24. The van der Waals surface area contributed by atoms with Crippen LogP contribution in [0.4, 0.5) is 0 Å². The Kier molecular flexibility index (Phi) is 7.27. The van der Waals surface area contributed by atoms with E-state index in [-0.39, 0.29) is 12.1 Å². The smallest absolute Gasteiger partial charge is 0.342 e. The Labute approximate surface area is 188 Å². The van der Waals surface area contributed by atoms with E-state index in [2.05, 4.69) is 27.4 Å². The molecule has 2 aromatic heterocycles. The highest BCUT2D eigenvalue weighted by atomic mass is 16.5. The van der Waals surface area contributed by atoms with Gasteiger partial charge in [-0.1, -0.05) is 35.6 Å². The Bertz CT molecular complexity index is 1060. The minimum atomic E-state index is -0.350. The zero-order chi connectivity index (χ0) is 22.2. The fourth-order valence-electron chi connectivity index (χ4n) is 3.92. The Morgan fingerprint density at radius 1 is 1.12 bits per heavy atom. The van der Waals surface area contributed by atoms with E-state index in [1.807, 2.05) is 36.5 Å². The average molecular weight is 433 g/mol. The summed E-state index contributed by atoms with van der Waals surface area (Å²) in [6, 6.07) is 11.4. The molecule has 0 aliphatic carbocycles. The van der Waals surface area contributed by atoms with Gasteiger partial charge >= 0.3 is 5.97 Å². The van der Waals surface area contributed by atoms with Crippen LogP contribution >= 0.6 is 0 Å². The van der Waals surface area contributed by atoms with E-state index in [0.29, 0.717) is 30.7 Å². The third-order valence-corrected chi connectivity index (χ3v) is 5.53. The highest BCUT2D eigenvalue weighted by Gasteiger charge is 2.23. The molecule has 3 heterocycles. The molecule has 7 heteroatoms. The van der Waals surface area contributed by atoms with Crippen molar-refractivity contribution in [3.05, 3.63) is 83.5 Å². The van der Waals surface area contributed by atoms with Gasteiger partial charge in [-0.3, -0.25) is 4.98 Å². The second-order valence-corrected chi connectivity index (χ2v) is 7.91. The van der Waals surface area contributed by atoms with Crippen molar-refractivity contribution in [3.8, 4) is 5.75 Å². The summed E-state index contributed by atoms with van der Waals surface area (Å²) >= 11 is 0. The zero-order valence-corrected chi connectivity index (χ0v) is 18.3. The second-order valence-electron chi connectivity index (χ2n) is 7.91. The first-order valence-corrected chi connectivity index (χ1v) is 11.0. The standard InChI is InChI=1S/C25H28N4O3/c1-31-23-14-9-11-19-10-5-3-2-4-6-13-22(32-25(30)24(19)23)16-21-18-29(28-27-21)17-20-12-7-8-15-26-20/h3,5,7-9,11-12,14-15,18,22H,2,4,6,10,13,16-17H2,1H3/b5-3+/t22-/m1/s1. The van der Waals surface area contributed by atoms with Gasteiger partial charge in [0.15, 0.2) is 0 Å². The molecule has 1 aromatic carbocycles. The molecule has 0 fully saturated rings. The molecule has 0 radical (unpaired) electrons. The van der Waals surface area contributed by atoms with Gasteiger partial charge < -0.3 is 9.47 Å². The number of allylic oxidation sites excluding steroid dienone is 2. The number of benzene rings is 1. The number of fused-ring (bicyclic) bond motifs is 1. The summed E-state index contributed by atoms with van der Waals surface area (Å²) in [5.74, 6) is 0.190. The van der Waals surface area contributed by atoms with Gasteiger partial charge in [-0.2, -0.15) is 0 Å². The number of hydrogen-bond donors (Lipinski definition) is 0. The van der Waals surface area contributed by atoms with E-state index in [4.69, 9.17) is 9.47 Å². The number of aromatic nitrogens is 4. The fraction of sp³-hybridized carbons (Fsp3) is 0.360. The predicted octanol–water partition coefficient (Wildman–Crippen LogP) is 4.17. The molecule has 0 N–H and O–H groups in total. The zero-order valence-electron chi connectivity index (χ0n) is 18.3. The van der Waals surface area contributed by atoms with Gasteiger partial charge in [-0.25, -0.2) is 9.48 Å². The Balaban J connectivity index is 1.51. The summed E-state index contributed by atoms with van der Waals surface area (Å²) < 4.78 is 13.2. The third kappa shape index (κ3) is 5.60. The maximum atomic E-state index is 13.2. The van der Waals surface area contributed by atoms with Gasteiger partial charge in [0.25, 0.3) is 0 Å². The van der Waals surface area contributed by atoms with Crippen LogP contribution in [0.3, 0.4) is 0 Å². The summed E-state index contributed by atoms with van der Waals surface area (Å²) in [4.78, 5) is 17.5. The van der Waals surface area contributed by atoms with Crippen LogP contribution in [0, 0.1) is 0 Å². The minimum Gasteiger partial charge on any atom is -0.496 e. The lowest BCUT2D eigenvalue weighted by molar-refractivity contribution is 0.0271. The predicted molar refractivity (Wildman–Crippen MR) is 121 cm³/mol. The van der Waals surface area contributed by atoms with Crippen LogP contribution < -0.4 is 4.74 Å². The van der Waals surface area contributed by atoms with Crippen LogP contribution in [0.2, 0.25) is 0 Å². The van der Waals surface area contributed by atoms with Gasteiger partial charge in [0, 0.05) is 18.8 Å². The van der Waals surface area contributed by atoms with Crippen molar-refractivity contribution in [1.82, 2.24) is 20.0 Å². The third-order valence-electron chi connectivity index (χ3n) is 5.53. The lowest BCUT2D eigenvalue weighted by Crippen LogP contribution is -2.22. The van der Waals surface area contributed by atoms with Crippen molar-refractivity contribution in [2.75, 3.05) is 7.11 Å². The number of ether oxygens (including phenoxy) is 2. The van der Waals surface area contributed by atoms with Gasteiger partial charge in [0.2, 0.25) is 0 Å². The summed E-state index contributed by atoms with van der Waals surface area (Å²) in [6.07, 6.45) is 12.7. The first-order chi connectivity index (χ1) is 15.7. The number of nitrogens with zero attached hydrogens (tertiary/aromatic N) is 4. The molecule has 0 amide bonds. The molecule has 166 valence electrons. The van der Waals surface area contributed by atoms with Crippen LogP contribution in [-0.2, 0) is 24.1 Å². The van der Waals surface area contributed by atoms with Gasteiger partial charge in [-0.05, 0) is 55.9 Å². The molecule has 0 bridgehead atoms. The fourth-order valence-corrected chi connectivity index (χ4v) is 3.92. The van der Waals surface area contributed by atoms with Crippen molar-refractivity contribution in [3.63, 3.8) is 0 Å². The molecule has 1 aliphatic heterocycles. The van der Waals surface area contributed by atoms with E-state index < -0.39 is 0 Å². The number of carbonyl (C=O) groups excluding carboxylic acids is 1. The van der Waals surface area contributed by atoms with Gasteiger partial charge in [0.1, 0.15) is 17.4 Å². The largest absolute Gasteiger partial charge is 0.496 e. The molecular weight excluding hydrogens is 404 g/mol. The van der Waals surface area contributed by atoms with E-state index in [9.17, 15) is 4.79 Å². The van der Waals surface area contributed by atoms with Crippen LogP contribution in [0.25, 0.3) is 0 Å². The SMILES string of the molecule is COc1cccc2c1C(=O)O[C@@H](Cc1cn(Cc3ccccn3)nn1)CCCC/C=C/C2. The van der Waals surface area contributed by atoms with Crippen molar-refractivity contribution < 1.29 is 14.3 Å². The lowest BCUT2D eigenvalue weighted by atomic mass is 10.0. The molecule has 0 spiro atoms. The number of esters is 1. The Morgan fingerprint density at radius 2 is 2.06 bits per heavy atom. The molecule has 1 aliphatic rings. The number of rotatable bonds is 5. The highest BCUT2D eigenvalue weighted by molar-refractivity contribution is 5.94. The van der Waals surface area contributed by atoms with Crippen molar-refractivity contribution >= 4 is 5.97 Å². The van der Waals surface area contributed by atoms with Gasteiger partial charge in [0.05, 0.1) is 25.0 Å². The normalized spacial score (nSPS) is 18.0. The first kappa shape index (κ1) is 21.7. The molecule has 4 rings (SSSR count). The Hall–Kier alpha value is -3.48. The summed E-state index contributed by atoms with van der Waals surface area (Å²) in [5, 5.41) is 8.52. The summed E-state index contributed by atoms with van der Waals surface area (Å²) in [7, 11) is 1.58. The maximum absolute atomic E-state index is 13.2. The van der Waals surface area contributed by atoms with Crippen LogP contribution in [-0.4, -0.2) is 39.2 Å². The molecule has 32 heavy (non-hydrogen) atoms. The number of cyclic esters (lactones) is 1. The molecule has 1 atom stereocenters. The van der Waals surface area contributed by atoms with Crippen LogP contribution in [0.5, 0.6) is 5.75 Å². The van der Waals surface area contributed by atoms with Crippen molar-refractivity contribution in [1.29, 1.82) is 0 Å². The van der Waals surface area contributed by atoms with Crippen LogP contribution in [0.1, 0.15) is 53.0 Å². The molecule has 7 nitrogen and oxygen atoms in total. The first-order valence-electron chi connectivity index (χ1n) is 11.0. The summed E-state index contributed by atoms with van der Waals surface area (Å²) in [5.41, 5.74) is 3.12. The van der Waals surface area contributed by atoms with Crippen molar-refractivity contribution in [2.45, 2.75) is 51.2 Å². The maximum Gasteiger partial charge on any atom is 0.342 e. The molecular formula is C25H28N4O3. The topological polar surface area (TPSA) is 79.1 Å². The van der Waals surface area contributed by atoms with Gasteiger partial charge in [-0.15, -0.1) is 5.10 Å². The van der Waals surface area contributed by atoms with E-state index in [1.54, 1.807) is 24.1 Å². The van der Waals surface area contributed by atoms with E-state index in [1.165, 1.54) is 0 Å². The Morgan fingerprint density at radius 3 is 2.91 bits per heavy atom. The molecule has 0 saturated heterocycles. The van der Waals surface area contributed by atoms with E-state index in [0.717, 1.165) is 42.6 Å². The monoisotopic (exact) mass is 432 g/mol. The quantitative estimate of drug-likeness (QED) is 0.445. The van der Waals surface area contributed by atoms with Crippen molar-refractivity contribution in [2.24, 2.45) is 0 Å². The number of hydrogen-bond acceptors (Lipinski definition) is 6. The minimum absolute atomic E-state index is 0.274. The number of carbonyl (C=O) groups is 1. The van der Waals surface area contributed by atoms with Crippen LogP contribution in [0.15, 0.2) is 60.9 Å². The number of pyridine rings is 1. The highest BCUT2D eigenvalue weighted by Crippen LogP contribution is 2.26. The van der Waals surface area contributed by atoms with E-state index >= 15 is 0 Å². The molecule has 0 unspecified atom stereocenters. The summed E-state index contributed by atoms with van der Waals surface area (Å²) in [6.45, 7) is 0.551. The number of methoxy groups -OCH3 is 1. The second kappa shape index (κ2) is 10.7. The molecule has 0 saturated carbocycles. The lowest BCUT2D eigenvalue weighted by Gasteiger charge is -2.19.